The van der Waals surface area contributed by atoms with Crippen LogP contribution in [0.1, 0.15) is 6.92 Å². The Morgan fingerprint density at radius 2 is 1.85 bits per heavy atom. The van der Waals surface area contributed by atoms with Crippen LogP contribution < -0.4 is 10.1 Å². The third-order valence-electron chi connectivity index (χ3n) is 3.37. The molecule has 0 saturated heterocycles. The number of anilines is 2. The van der Waals surface area contributed by atoms with Crippen molar-refractivity contribution in [3.05, 3.63) is 71.0 Å². The number of aromatic nitrogens is 2. The van der Waals surface area contributed by atoms with E-state index in [0.29, 0.717) is 18.0 Å². The first-order valence-electron chi connectivity index (χ1n) is 7.90. The SMILES string of the molecule is CCOc1ccccc1Nc1ncnc(Sc2ccccc2)c1[N+](=O)[O-]. The first kappa shape index (κ1) is 17.7. The molecule has 0 aliphatic carbocycles. The third-order valence-corrected chi connectivity index (χ3v) is 4.37. The topological polar surface area (TPSA) is 90.2 Å². The maximum Gasteiger partial charge on any atom is 0.343 e. The van der Waals surface area contributed by atoms with Gasteiger partial charge in [0.1, 0.15) is 12.1 Å². The summed E-state index contributed by atoms with van der Waals surface area (Å²) in [6, 6.07) is 16.6. The normalized spacial score (nSPS) is 10.3. The van der Waals surface area contributed by atoms with E-state index in [0.717, 1.165) is 4.90 Å². The average Bonchev–Trinajstić information content (AvgIpc) is 2.64. The molecular weight excluding hydrogens is 352 g/mol. The van der Waals surface area contributed by atoms with Crippen molar-refractivity contribution < 1.29 is 9.66 Å². The van der Waals surface area contributed by atoms with Crippen LogP contribution in [-0.4, -0.2) is 21.5 Å². The van der Waals surface area contributed by atoms with Crippen molar-refractivity contribution in [2.24, 2.45) is 0 Å². The van der Waals surface area contributed by atoms with Crippen molar-refractivity contribution in [2.45, 2.75) is 16.8 Å². The summed E-state index contributed by atoms with van der Waals surface area (Å²) in [5.41, 5.74) is 0.430. The summed E-state index contributed by atoms with van der Waals surface area (Å²) in [6.45, 7) is 2.36. The molecule has 132 valence electrons. The van der Waals surface area contributed by atoms with E-state index in [1.54, 1.807) is 12.1 Å². The maximum atomic E-state index is 11.7. The quantitative estimate of drug-likeness (QED) is 0.368. The molecule has 0 amide bonds. The number of nitrogens with zero attached hydrogens (tertiary/aromatic N) is 3. The molecule has 0 saturated carbocycles. The second-order valence-electron chi connectivity index (χ2n) is 5.10. The van der Waals surface area contributed by atoms with E-state index in [2.05, 4.69) is 15.3 Å². The third kappa shape index (κ3) is 4.09. The van der Waals surface area contributed by atoms with Crippen LogP contribution in [0.5, 0.6) is 5.75 Å². The predicted octanol–water partition coefficient (Wildman–Crippen LogP) is 4.68. The van der Waals surface area contributed by atoms with Gasteiger partial charge in [0, 0.05) is 4.90 Å². The molecule has 1 heterocycles. The van der Waals surface area contributed by atoms with Crippen LogP contribution >= 0.6 is 11.8 Å². The van der Waals surface area contributed by atoms with Gasteiger partial charge in [-0.3, -0.25) is 10.1 Å². The van der Waals surface area contributed by atoms with E-state index in [4.69, 9.17) is 4.74 Å². The number of benzene rings is 2. The van der Waals surface area contributed by atoms with Gasteiger partial charge in [0.15, 0.2) is 5.03 Å². The van der Waals surface area contributed by atoms with Crippen LogP contribution in [0.25, 0.3) is 0 Å². The van der Waals surface area contributed by atoms with Gasteiger partial charge in [-0.25, -0.2) is 9.97 Å². The lowest BCUT2D eigenvalue weighted by atomic mass is 10.3. The van der Waals surface area contributed by atoms with Gasteiger partial charge in [-0.05, 0) is 31.2 Å². The first-order chi connectivity index (χ1) is 12.7. The molecule has 0 unspecified atom stereocenters. The number of rotatable bonds is 7. The van der Waals surface area contributed by atoms with Gasteiger partial charge < -0.3 is 10.1 Å². The van der Waals surface area contributed by atoms with E-state index in [-0.39, 0.29) is 16.5 Å². The lowest BCUT2D eigenvalue weighted by Gasteiger charge is -2.12. The number of ether oxygens (including phenoxy) is 1. The number of hydrogen-bond acceptors (Lipinski definition) is 7. The Morgan fingerprint density at radius 3 is 2.58 bits per heavy atom. The molecule has 0 atom stereocenters. The highest BCUT2D eigenvalue weighted by Crippen LogP contribution is 2.38. The summed E-state index contributed by atoms with van der Waals surface area (Å²) in [4.78, 5) is 20.2. The molecule has 0 aliphatic heterocycles. The van der Waals surface area contributed by atoms with Crippen molar-refractivity contribution >= 4 is 29.0 Å². The van der Waals surface area contributed by atoms with Crippen molar-refractivity contribution in [3.8, 4) is 5.75 Å². The molecule has 0 bridgehead atoms. The van der Waals surface area contributed by atoms with Gasteiger partial charge in [0.25, 0.3) is 0 Å². The summed E-state index contributed by atoms with van der Waals surface area (Å²) in [6.07, 6.45) is 1.31. The second-order valence-corrected chi connectivity index (χ2v) is 6.16. The Balaban J connectivity index is 1.98. The van der Waals surface area contributed by atoms with E-state index in [1.165, 1.54) is 18.1 Å². The van der Waals surface area contributed by atoms with Crippen LogP contribution in [0, 0.1) is 10.1 Å². The summed E-state index contributed by atoms with van der Waals surface area (Å²) in [5, 5.41) is 14.9. The lowest BCUT2D eigenvalue weighted by molar-refractivity contribution is -0.387. The molecule has 1 aromatic heterocycles. The minimum absolute atomic E-state index is 0.121. The van der Waals surface area contributed by atoms with Crippen LogP contribution in [0.4, 0.5) is 17.2 Å². The Kier molecular flexibility index (Phi) is 5.65. The zero-order valence-electron chi connectivity index (χ0n) is 14.0. The fourth-order valence-electron chi connectivity index (χ4n) is 2.27. The standard InChI is InChI=1S/C18H16N4O3S/c1-2-25-15-11-7-6-10-14(15)21-17-16(22(23)24)18(20-12-19-17)26-13-8-4-3-5-9-13/h3-12H,2H2,1H3,(H,19,20,21). The van der Waals surface area contributed by atoms with Crippen LogP contribution in [0.15, 0.2) is 70.8 Å². The zero-order valence-corrected chi connectivity index (χ0v) is 14.8. The van der Waals surface area contributed by atoms with Gasteiger partial charge in [0.05, 0.1) is 17.2 Å². The van der Waals surface area contributed by atoms with Gasteiger partial charge in [-0.15, -0.1) is 0 Å². The van der Waals surface area contributed by atoms with Gasteiger partial charge in [0.2, 0.25) is 5.82 Å². The molecule has 3 rings (SSSR count). The number of para-hydroxylation sites is 2. The second kappa shape index (κ2) is 8.30. The van der Waals surface area contributed by atoms with E-state index < -0.39 is 4.92 Å². The van der Waals surface area contributed by atoms with E-state index >= 15 is 0 Å². The Morgan fingerprint density at radius 1 is 1.12 bits per heavy atom. The van der Waals surface area contributed by atoms with Crippen molar-refractivity contribution in [3.63, 3.8) is 0 Å². The fraction of sp³-hybridized carbons (Fsp3) is 0.111. The van der Waals surface area contributed by atoms with Gasteiger partial charge in [-0.1, -0.05) is 42.1 Å². The molecule has 0 fully saturated rings. The highest BCUT2D eigenvalue weighted by molar-refractivity contribution is 7.99. The average molecular weight is 368 g/mol. The van der Waals surface area contributed by atoms with Crippen molar-refractivity contribution in [2.75, 3.05) is 11.9 Å². The highest BCUT2D eigenvalue weighted by Gasteiger charge is 2.24. The molecule has 8 heteroatoms. The Bertz CT molecular complexity index is 906. The largest absolute Gasteiger partial charge is 0.492 e. The van der Waals surface area contributed by atoms with Gasteiger partial charge >= 0.3 is 5.69 Å². The smallest absolute Gasteiger partial charge is 0.343 e. The van der Waals surface area contributed by atoms with E-state index in [9.17, 15) is 10.1 Å². The maximum absolute atomic E-state index is 11.7. The monoisotopic (exact) mass is 368 g/mol. The minimum atomic E-state index is -0.475. The molecule has 0 aliphatic rings. The number of hydrogen-bond donors (Lipinski definition) is 1. The van der Waals surface area contributed by atoms with Crippen LogP contribution in [0.3, 0.4) is 0 Å². The Hall–Kier alpha value is -3.13. The fourth-order valence-corrected chi connectivity index (χ4v) is 3.16. The summed E-state index contributed by atoms with van der Waals surface area (Å²) in [5.74, 6) is 0.718. The minimum Gasteiger partial charge on any atom is -0.492 e. The first-order valence-corrected chi connectivity index (χ1v) is 8.72. The van der Waals surface area contributed by atoms with Crippen LogP contribution in [0.2, 0.25) is 0 Å². The molecule has 26 heavy (non-hydrogen) atoms. The van der Waals surface area contributed by atoms with Gasteiger partial charge in [-0.2, -0.15) is 0 Å². The summed E-state index contributed by atoms with van der Waals surface area (Å²) < 4.78 is 5.55. The molecule has 1 N–H and O–H groups in total. The molecule has 0 radical (unpaired) electrons. The van der Waals surface area contributed by atoms with Crippen LogP contribution in [-0.2, 0) is 0 Å². The molecule has 0 spiro atoms. The zero-order chi connectivity index (χ0) is 18.4. The molecular formula is C18H16N4O3S. The number of nitrogens with one attached hydrogen (secondary N) is 1. The summed E-state index contributed by atoms with van der Waals surface area (Å²) in [7, 11) is 0. The molecule has 3 aromatic rings. The summed E-state index contributed by atoms with van der Waals surface area (Å²) >= 11 is 1.22. The predicted molar refractivity (Wildman–Crippen MR) is 100 cm³/mol. The molecule has 2 aromatic carbocycles. The Labute approximate surface area is 154 Å². The highest BCUT2D eigenvalue weighted by atomic mass is 32.2. The van der Waals surface area contributed by atoms with E-state index in [1.807, 2.05) is 49.4 Å². The molecule has 7 nitrogen and oxygen atoms in total. The van der Waals surface area contributed by atoms with Crippen molar-refractivity contribution in [1.82, 2.24) is 9.97 Å². The van der Waals surface area contributed by atoms with Crippen molar-refractivity contribution in [1.29, 1.82) is 0 Å². The lowest BCUT2D eigenvalue weighted by Crippen LogP contribution is -2.04. The number of nitro groups is 1.